The summed E-state index contributed by atoms with van der Waals surface area (Å²) in [5.74, 6) is 0. The number of hydrogen-bond acceptors (Lipinski definition) is 3. The number of aryl methyl sites for hydroxylation is 1. The van der Waals surface area contributed by atoms with Crippen molar-refractivity contribution in [3.63, 3.8) is 0 Å². The van der Waals surface area contributed by atoms with Gasteiger partial charge in [-0.1, -0.05) is 12.1 Å². The molecule has 0 radical (unpaired) electrons. The molecule has 5 nitrogen and oxygen atoms in total. The SMILES string of the molecule is Cc1c(C)n(CC2CCCO2)c2ncn3c4ccccc4nc3c12. The van der Waals surface area contributed by atoms with Gasteiger partial charge < -0.3 is 9.30 Å². The molecular formula is C19H20N4O. The lowest BCUT2D eigenvalue weighted by Crippen LogP contribution is -2.16. The Balaban J connectivity index is 1.80. The van der Waals surface area contributed by atoms with E-state index < -0.39 is 0 Å². The fourth-order valence-corrected chi connectivity index (χ4v) is 3.91. The van der Waals surface area contributed by atoms with E-state index in [0.717, 1.165) is 53.7 Å². The first-order valence-electron chi connectivity index (χ1n) is 8.57. The predicted octanol–water partition coefficient (Wildman–Crippen LogP) is 3.63. The van der Waals surface area contributed by atoms with Crippen molar-refractivity contribution in [1.29, 1.82) is 0 Å². The van der Waals surface area contributed by atoms with Gasteiger partial charge in [-0.3, -0.25) is 4.40 Å². The Kier molecular flexibility index (Phi) is 2.94. The first-order valence-corrected chi connectivity index (χ1v) is 8.57. The van der Waals surface area contributed by atoms with Crippen molar-refractivity contribution < 1.29 is 4.74 Å². The maximum absolute atomic E-state index is 5.84. The summed E-state index contributed by atoms with van der Waals surface area (Å²) in [4.78, 5) is 9.65. The van der Waals surface area contributed by atoms with Gasteiger partial charge in [0.1, 0.15) is 12.0 Å². The molecule has 1 aromatic carbocycles. The molecule has 0 N–H and O–H groups in total. The number of ether oxygens (including phenoxy) is 1. The van der Waals surface area contributed by atoms with Crippen LogP contribution in [0.2, 0.25) is 0 Å². The summed E-state index contributed by atoms with van der Waals surface area (Å²) >= 11 is 0. The molecule has 0 amide bonds. The van der Waals surface area contributed by atoms with E-state index in [1.54, 1.807) is 0 Å². The number of hydrogen-bond donors (Lipinski definition) is 0. The van der Waals surface area contributed by atoms with E-state index in [2.05, 4.69) is 34.9 Å². The Morgan fingerprint density at radius 1 is 1.21 bits per heavy atom. The summed E-state index contributed by atoms with van der Waals surface area (Å²) < 4.78 is 10.2. The van der Waals surface area contributed by atoms with Crippen LogP contribution in [0, 0.1) is 13.8 Å². The highest BCUT2D eigenvalue weighted by Gasteiger charge is 2.22. The molecule has 1 fully saturated rings. The minimum Gasteiger partial charge on any atom is -0.376 e. The minimum atomic E-state index is 0.301. The van der Waals surface area contributed by atoms with Crippen molar-refractivity contribution in [1.82, 2.24) is 18.9 Å². The molecule has 5 rings (SSSR count). The quantitative estimate of drug-likeness (QED) is 0.566. The first-order chi connectivity index (χ1) is 11.7. The fourth-order valence-electron chi connectivity index (χ4n) is 3.91. The van der Waals surface area contributed by atoms with E-state index in [9.17, 15) is 0 Å². The Morgan fingerprint density at radius 3 is 2.92 bits per heavy atom. The molecule has 122 valence electrons. The number of nitrogens with zero attached hydrogens (tertiary/aromatic N) is 4. The second-order valence-corrected chi connectivity index (χ2v) is 6.69. The van der Waals surface area contributed by atoms with Gasteiger partial charge in [-0.2, -0.15) is 0 Å². The zero-order valence-electron chi connectivity index (χ0n) is 14.0. The van der Waals surface area contributed by atoms with Crippen LogP contribution in [0.4, 0.5) is 0 Å². The molecule has 0 bridgehead atoms. The maximum atomic E-state index is 5.84. The molecule has 0 aliphatic carbocycles. The van der Waals surface area contributed by atoms with Crippen LogP contribution in [0.3, 0.4) is 0 Å². The zero-order valence-corrected chi connectivity index (χ0v) is 14.0. The average molecular weight is 320 g/mol. The zero-order chi connectivity index (χ0) is 16.3. The number of imidazole rings is 1. The maximum Gasteiger partial charge on any atom is 0.150 e. The lowest BCUT2D eigenvalue weighted by atomic mass is 10.2. The van der Waals surface area contributed by atoms with E-state index in [4.69, 9.17) is 14.7 Å². The molecule has 4 aromatic rings. The van der Waals surface area contributed by atoms with E-state index in [0.29, 0.717) is 6.10 Å². The fraction of sp³-hybridized carbons (Fsp3) is 0.368. The molecule has 4 heterocycles. The van der Waals surface area contributed by atoms with Gasteiger partial charge in [0.25, 0.3) is 0 Å². The number of fused-ring (bicyclic) bond motifs is 5. The van der Waals surface area contributed by atoms with Gasteiger partial charge >= 0.3 is 0 Å². The summed E-state index contributed by atoms with van der Waals surface area (Å²) in [6, 6.07) is 8.22. The van der Waals surface area contributed by atoms with Crippen molar-refractivity contribution in [3.05, 3.63) is 41.9 Å². The molecular weight excluding hydrogens is 300 g/mol. The molecule has 24 heavy (non-hydrogen) atoms. The second kappa shape index (κ2) is 5.05. The largest absolute Gasteiger partial charge is 0.376 e. The highest BCUT2D eigenvalue weighted by Crippen LogP contribution is 2.30. The normalized spacial score (nSPS) is 18.3. The highest BCUT2D eigenvalue weighted by atomic mass is 16.5. The molecule has 0 saturated carbocycles. The van der Waals surface area contributed by atoms with Crippen LogP contribution >= 0.6 is 0 Å². The monoisotopic (exact) mass is 320 g/mol. The summed E-state index contributed by atoms with van der Waals surface area (Å²) in [5.41, 5.74) is 6.64. The second-order valence-electron chi connectivity index (χ2n) is 6.69. The predicted molar refractivity (Wildman–Crippen MR) is 94.4 cm³/mol. The van der Waals surface area contributed by atoms with E-state index >= 15 is 0 Å². The standard InChI is InChI=1S/C19H20N4O/c1-12-13(2)22(10-14-6-5-9-24-14)18-17(12)19-21-15-7-3-4-8-16(15)23(19)11-20-18/h3-4,7-8,11,14H,5-6,9-10H2,1-2H3. The van der Waals surface area contributed by atoms with Crippen molar-refractivity contribution >= 4 is 27.7 Å². The van der Waals surface area contributed by atoms with Gasteiger partial charge in [-0.15, -0.1) is 0 Å². The molecule has 1 aliphatic rings. The molecule has 1 aliphatic heterocycles. The van der Waals surface area contributed by atoms with Gasteiger partial charge in [0.2, 0.25) is 0 Å². The van der Waals surface area contributed by atoms with Crippen molar-refractivity contribution in [3.8, 4) is 0 Å². The molecule has 3 aromatic heterocycles. The van der Waals surface area contributed by atoms with E-state index in [1.165, 1.54) is 11.3 Å². The van der Waals surface area contributed by atoms with Gasteiger partial charge in [-0.25, -0.2) is 9.97 Å². The minimum absolute atomic E-state index is 0.301. The Hall–Kier alpha value is -2.40. The summed E-state index contributed by atoms with van der Waals surface area (Å²) in [6.45, 7) is 6.10. The summed E-state index contributed by atoms with van der Waals surface area (Å²) in [6.07, 6.45) is 4.49. The number of aromatic nitrogens is 4. The van der Waals surface area contributed by atoms with Crippen LogP contribution in [0.1, 0.15) is 24.1 Å². The summed E-state index contributed by atoms with van der Waals surface area (Å²) in [5, 5.41) is 1.16. The molecule has 0 spiro atoms. The van der Waals surface area contributed by atoms with E-state index in [-0.39, 0.29) is 0 Å². The Morgan fingerprint density at radius 2 is 2.08 bits per heavy atom. The van der Waals surface area contributed by atoms with Gasteiger partial charge in [0.15, 0.2) is 5.65 Å². The van der Waals surface area contributed by atoms with Gasteiger partial charge in [0.05, 0.1) is 29.1 Å². The van der Waals surface area contributed by atoms with Crippen LogP contribution in [0.5, 0.6) is 0 Å². The number of para-hydroxylation sites is 2. The van der Waals surface area contributed by atoms with Crippen LogP contribution in [-0.2, 0) is 11.3 Å². The van der Waals surface area contributed by atoms with Crippen LogP contribution in [-0.4, -0.2) is 31.6 Å². The Bertz CT molecular complexity index is 1070. The van der Waals surface area contributed by atoms with Gasteiger partial charge in [-0.05, 0) is 44.4 Å². The third-order valence-corrected chi connectivity index (χ3v) is 5.33. The topological polar surface area (TPSA) is 44.4 Å². The van der Waals surface area contributed by atoms with Crippen molar-refractivity contribution in [2.24, 2.45) is 0 Å². The first kappa shape index (κ1) is 14.0. The lowest BCUT2D eigenvalue weighted by Gasteiger charge is -2.13. The molecule has 1 saturated heterocycles. The highest BCUT2D eigenvalue weighted by molar-refractivity contribution is 5.98. The van der Waals surface area contributed by atoms with Crippen molar-refractivity contribution in [2.75, 3.05) is 6.61 Å². The third kappa shape index (κ3) is 1.85. The smallest absolute Gasteiger partial charge is 0.150 e. The van der Waals surface area contributed by atoms with Crippen LogP contribution < -0.4 is 0 Å². The molecule has 1 unspecified atom stereocenters. The summed E-state index contributed by atoms with van der Waals surface area (Å²) in [7, 11) is 0. The number of rotatable bonds is 2. The van der Waals surface area contributed by atoms with E-state index in [1.807, 2.05) is 18.5 Å². The van der Waals surface area contributed by atoms with Crippen molar-refractivity contribution in [2.45, 2.75) is 39.3 Å². The van der Waals surface area contributed by atoms with Gasteiger partial charge in [0, 0.05) is 12.3 Å². The van der Waals surface area contributed by atoms with Crippen LogP contribution in [0.25, 0.3) is 27.7 Å². The number of benzene rings is 1. The lowest BCUT2D eigenvalue weighted by molar-refractivity contribution is 0.0974. The molecule has 1 atom stereocenters. The Labute approximate surface area is 139 Å². The van der Waals surface area contributed by atoms with Crippen LogP contribution in [0.15, 0.2) is 30.6 Å². The average Bonchev–Trinajstić information content (AvgIpc) is 3.29. The third-order valence-electron chi connectivity index (χ3n) is 5.33. The molecule has 5 heteroatoms.